The Balaban J connectivity index is 1.83. The second kappa shape index (κ2) is 6.33. The predicted molar refractivity (Wildman–Crippen MR) is 86.9 cm³/mol. The van der Waals surface area contributed by atoms with Crippen LogP contribution in [0.5, 0.6) is 0 Å². The molecule has 0 saturated carbocycles. The summed E-state index contributed by atoms with van der Waals surface area (Å²) in [4.78, 5) is 13.0. The molecule has 0 radical (unpaired) electrons. The molecule has 0 aromatic carbocycles. The van der Waals surface area contributed by atoms with E-state index in [1.807, 2.05) is 0 Å². The van der Waals surface area contributed by atoms with Gasteiger partial charge in [-0.15, -0.1) is 0 Å². The van der Waals surface area contributed by atoms with Crippen LogP contribution in [-0.4, -0.2) is 35.6 Å². The molecule has 0 spiro atoms. The SMILES string of the molecule is C[C@H]1CN(c2ncccc2C#N)CCN1c1ncccc1C#N. The molecule has 1 aliphatic heterocycles. The van der Waals surface area contributed by atoms with Crippen LogP contribution in [0.25, 0.3) is 0 Å². The lowest BCUT2D eigenvalue weighted by molar-refractivity contribution is 0.542. The van der Waals surface area contributed by atoms with Crippen molar-refractivity contribution >= 4 is 11.6 Å². The molecule has 0 unspecified atom stereocenters. The topological polar surface area (TPSA) is 79.8 Å². The fraction of sp³-hybridized carbons (Fsp3) is 0.294. The van der Waals surface area contributed by atoms with Gasteiger partial charge in [0.05, 0.1) is 11.1 Å². The van der Waals surface area contributed by atoms with Crippen molar-refractivity contribution in [2.75, 3.05) is 29.4 Å². The van der Waals surface area contributed by atoms with Crippen LogP contribution in [0.1, 0.15) is 18.1 Å². The third-order valence-electron chi connectivity index (χ3n) is 4.01. The summed E-state index contributed by atoms with van der Waals surface area (Å²) in [7, 11) is 0. The van der Waals surface area contributed by atoms with Crippen LogP contribution in [0.3, 0.4) is 0 Å². The fourth-order valence-corrected chi connectivity index (χ4v) is 2.91. The van der Waals surface area contributed by atoms with E-state index in [1.165, 1.54) is 0 Å². The number of nitrogens with zero attached hydrogens (tertiary/aromatic N) is 6. The Kier molecular flexibility index (Phi) is 4.07. The molecule has 0 amide bonds. The number of aromatic nitrogens is 2. The van der Waals surface area contributed by atoms with Crippen molar-refractivity contribution in [3.8, 4) is 12.1 Å². The molecule has 6 nitrogen and oxygen atoms in total. The van der Waals surface area contributed by atoms with Crippen molar-refractivity contribution in [3.05, 3.63) is 47.8 Å². The van der Waals surface area contributed by atoms with Crippen molar-refractivity contribution in [2.45, 2.75) is 13.0 Å². The zero-order valence-electron chi connectivity index (χ0n) is 12.8. The molecule has 1 atom stereocenters. The van der Waals surface area contributed by atoms with Gasteiger partial charge < -0.3 is 9.80 Å². The Morgan fingerprint density at radius 1 is 1.00 bits per heavy atom. The summed E-state index contributed by atoms with van der Waals surface area (Å²) in [5.74, 6) is 1.45. The van der Waals surface area contributed by atoms with E-state index >= 15 is 0 Å². The summed E-state index contributed by atoms with van der Waals surface area (Å²) in [6, 6.07) is 11.7. The molecule has 2 aromatic rings. The Morgan fingerprint density at radius 2 is 1.61 bits per heavy atom. The predicted octanol–water partition coefficient (Wildman–Crippen LogP) is 1.94. The van der Waals surface area contributed by atoms with Crippen LogP contribution in [0.2, 0.25) is 0 Å². The highest BCUT2D eigenvalue weighted by Gasteiger charge is 2.27. The first-order valence-electron chi connectivity index (χ1n) is 7.46. The summed E-state index contributed by atoms with van der Waals surface area (Å²) in [5.41, 5.74) is 1.17. The summed E-state index contributed by atoms with van der Waals surface area (Å²) in [6.45, 7) is 4.29. The first-order valence-corrected chi connectivity index (χ1v) is 7.46. The minimum absolute atomic E-state index is 0.166. The number of hydrogen-bond donors (Lipinski definition) is 0. The minimum Gasteiger partial charge on any atom is -0.352 e. The molecular formula is C17H16N6. The zero-order valence-corrected chi connectivity index (χ0v) is 12.8. The van der Waals surface area contributed by atoms with Crippen molar-refractivity contribution in [1.82, 2.24) is 9.97 Å². The van der Waals surface area contributed by atoms with Gasteiger partial charge in [0, 0.05) is 38.1 Å². The molecule has 114 valence electrons. The largest absolute Gasteiger partial charge is 0.352 e. The standard InChI is InChI=1S/C17H16N6/c1-13-12-22(16-14(10-18)4-2-6-20-16)8-9-23(13)17-15(11-19)5-3-7-21-17/h2-7,13H,8-9,12H2,1H3/t13-/m0/s1. The van der Waals surface area contributed by atoms with E-state index in [1.54, 1.807) is 36.7 Å². The van der Waals surface area contributed by atoms with Crippen molar-refractivity contribution < 1.29 is 0 Å². The van der Waals surface area contributed by atoms with Gasteiger partial charge in [-0.2, -0.15) is 10.5 Å². The summed E-state index contributed by atoms with van der Waals surface area (Å²) in [5, 5.41) is 18.5. The number of hydrogen-bond acceptors (Lipinski definition) is 6. The van der Waals surface area contributed by atoms with E-state index < -0.39 is 0 Å². The van der Waals surface area contributed by atoms with Crippen molar-refractivity contribution in [1.29, 1.82) is 10.5 Å². The molecule has 3 rings (SSSR count). The second-order valence-electron chi connectivity index (χ2n) is 5.46. The summed E-state index contributed by atoms with van der Waals surface area (Å²) >= 11 is 0. The van der Waals surface area contributed by atoms with Gasteiger partial charge in [-0.3, -0.25) is 0 Å². The van der Waals surface area contributed by atoms with Gasteiger partial charge in [0.25, 0.3) is 0 Å². The fourth-order valence-electron chi connectivity index (χ4n) is 2.91. The summed E-state index contributed by atoms with van der Waals surface area (Å²) in [6.07, 6.45) is 3.42. The Hall–Kier alpha value is -3.12. The smallest absolute Gasteiger partial charge is 0.146 e. The van der Waals surface area contributed by atoms with Crippen LogP contribution in [0.15, 0.2) is 36.7 Å². The first kappa shape index (κ1) is 14.8. The van der Waals surface area contributed by atoms with E-state index in [-0.39, 0.29) is 6.04 Å². The van der Waals surface area contributed by atoms with Gasteiger partial charge in [0.2, 0.25) is 0 Å². The van der Waals surface area contributed by atoms with Crippen molar-refractivity contribution in [3.63, 3.8) is 0 Å². The van der Waals surface area contributed by atoms with Gasteiger partial charge in [-0.05, 0) is 31.2 Å². The highest BCUT2D eigenvalue weighted by atomic mass is 15.3. The maximum atomic E-state index is 9.26. The van der Waals surface area contributed by atoms with E-state index in [0.29, 0.717) is 11.1 Å². The number of piperazine rings is 1. The maximum absolute atomic E-state index is 9.26. The Morgan fingerprint density at radius 3 is 2.22 bits per heavy atom. The van der Waals surface area contributed by atoms with Crippen LogP contribution >= 0.6 is 0 Å². The quantitative estimate of drug-likeness (QED) is 0.843. The molecule has 1 aliphatic rings. The number of rotatable bonds is 2. The van der Waals surface area contributed by atoms with Gasteiger partial charge >= 0.3 is 0 Å². The number of pyridine rings is 2. The molecule has 2 aromatic heterocycles. The molecule has 23 heavy (non-hydrogen) atoms. The van der Waals surface area contributed by atoms with Crippen LogP contribution in [0, 0.1) is 22.7 Å². The summed E-state index contributed by atoms with van der Waals surface area (Å²) < 4.78 is 0. The average molecular weight is 304 g/mol. The molecule has 3 heterocycles. The minimum atomic E-state index is 0.166. The number of nitriles is 2. The maximum Gasteiger partial charge on any atom is 0.146 e. The molecule has 0 N–H and O–H groups in total. The van der Waals surface area contributed by atoms with Gasteiger partial charge in [0.15, 0.2) is 0 Å². The lowest BCUT2D eigenvalue weighted by atomic mass is 10.1. The highest BCUT2D eigenvalue weighted by Crippen LogP contribution is 2.25. The molecule has 0 aliphatic carbocycles. The monoisotopic (exact) mass is 304 g/mol. The van der Waals surface area contributed by atoms with Crippen LogP contribution in [-0.2, 0) is 0 Å². The third kappa shape index (κ3) is 2.79. The van der Waals surface area contributed by atoms with Crippen molar-refractivity contribution in [2.24, 2.45) is 0 Å². The van der Waals surface area contributed by atoms with E-state index in [9.17, 15) is 10.5 Å². The lowest BCUT2D eigenvalue weighted by Gasteiger charge is -2.41. The molecule has 1 fully saturated rings. The molecule has 0 bridgehead atoms. The van der Waals surface area contributed by atoms with Crippen LogP contribution < -0.4 is 9.80 Å². The second-order valence-corrected chi connectivity index (χ2v) is 5.46. The van der Waals surface area contributed by atoms with Gasteiger partial charge in [-0.1, -0.05) is 0 Å². The average Bonchev–Trinajstić information content (AvgIpc) is 2.61. The Labute approximate surface area is 135 Å². The van der Waals surface area contributed by atoms with E-state index in [4.69, 9.17) is 0 Å². The molecular weight excluding hydrogens is 288 g/mol. The van der Waals surface area contributed by atoms with Gasteiger partial charge in [0.1, 0.15) is 23.8 Å². The van der Waals surface area contributed by atoms with E-state index in [0.717, 1.165) is 31.3 Å². The highest BCUT2D eigenvalue weighted by molar-refractivity contribution is 5.58. The van der Waals surface area contributed by atoms with Gasteiger partial charge in [-0.25, -0.2) is 9.97 Å². The zero-order chi connectivity index (χ0) is 16.2. The first-order chi connectivity index (χ1) is 11.2. The molecule has 1 saturated heterocycles. The number of anilines is 2. The Bertz CT molecular complexity index is 788. The van der Waals surface area contributed by atoms with Crippen LogP contribution in [0.4, 0.5) is 11.6 Å². The third-order valence-corrected chi connectivity index (χ3v) is 4.01. The van der Waals surface area contributed by atoms with E-state index in [2.05, 4.69) is 38.8 Å². The molecule has 6 heteroatoms. The lowest BCUT2D eigenvalue weighted by Crippen LogP contribution is -2.53. The normalized spacial score (nSPS) is 17.4.